The number of nitrogens with zero attached hydrogens (tertiary/aromatic N) is 3. The number of piperidine rings is 1. The predicted molar refractivity (Wildman–Crippen MR) is 104 cm³/mol. The average molecular weight is 396 g/mol. The molecule has 0 spiro atoms. The van der Waals surface area contributed by atoms with E-state index >= 15 is 0 Å². The molecule has 2 aliphatic rings. The van der Waals surface area contributed by atoms with Gasteiger partial charge in [0.05, 0.1) is 6.61 Å². The monoisotopic (exact) mass is 395 g/mol. The third-order valence-corrected chi connectivity index (χ3v) is 4.85. The summed E-state index contributed by atoms with van der Waals surface area (Å²) in [4.78, 5) is 6.67. The molecule has 0 amide bonds. The smallest absolute Gasteiger partial charge is 0.232 e. The van der Waals surface area contributed by atoms with Gasteiger partial charge in [-0.1, -0.05) is 12.3 Å². The van der Waals surface area contributed by atoms with E-state index in [0.717, 1.165) is 31.9 Å². The quantitative estimate of drug-likeness (QED) is 0.298. The van der Waals surface area contributed by atoms with E-state index in [1.54, 1.807) is 6.92 Å². The van der Waals surface area contributed by atoms with Gasteiger partial charge in [-0.05, 0) is 81.6 Å². The third-order valence-electron chi connectivity index (χ3n) is 4.85. The van der Waals surface area contributed by atoms with Crippen LogP contribution in [0, 0.1) is 11.8 Å². The molecule has 1 aromatic rings. The van der Waals surface area contributed by atoms with E-state index in [1.807, 2.05) is 0 Å². The Morgan fingerprint density at radius 3 is 2.68 bits per heavy atom. The molecule has 0 saturated carbocycles. The first kappa shape index (κ1) is 22.7. The van der Waals surface area contributed by atoms with Crippen LogP contribution in [0.2, 0.25) is 0 Å². The van der Waals surface area contributed by atoms with Crippen LogP contribution in [-0.4, -0.2) is 52.8 Å². The summed E-state index contributed by atoms with van der Waals surface area (Å²) in [6.07, 6.45) is 10.3. The number of hydrogen-bond donors (Lipinski definition) is 1. The lowest BCUT2D eigenvalue weighted by Crippen LogP contribution is -2.30. The zero-order chi connectivity index (χ0) is 19.9. The first-order chi connectivity index (χ1) is 13.8. The Hall–Kier alpha value is -1.63. The summed E-state index contributed by atoms with van der Waals surface area (Å²) in [5.74, 6) is 5.86. The molecule has 0 aromatic carbocycles. The number of fused-ring (bicyclic) bond motifs is 1. The largest absolute Gasteiger partial charge is 0.477 e. The van der Waals surface area contributed by atoms with Crippen LogP contribution in [0.3, 0.4) is 0 Å². The van der Waals surface area contributed by atoms with Crippen molar-refractivity contribution in [3.05, 3.63) is 11.8 Å². The fraction of sp³-hybridized carbons (Fsp3) is 0.750. The standard InChI is InChI=1S/C16H27N3O.C4H6O4/c1-3-9-18(10-4-1)11-6-7-13-20-16-14-15-8-2-5-12-19(15)17-16;1-2-3-4-6-8-7-5/h14H,1-13H2;5H,4H2,1H3. The molecule has 3 heterocycles. The van der Waals surface area contributed by atoms with Crippen LogP contribution in [0.1, 0.15) is 57.6 Å². The highest BCUT2D eigenvalue weighted by Gasteiger charge is 2.13. The van der Waals surface area contributed by atoms with Crippen LogP contribution >= 0.6 is 0 Å². The van der Waals surface area contributed by atoms with Gasteiger partial charge < -0.3 is 9.64 Å². The van der Waals surface area contributed by atoms with Crippen molar-refractivity contribution in [1.82, 2.24) is 14.7 Å². The van der Waals surface area contributed by atoms with E-state index in [-0.39, 0.29) is 6.61 Å². The molecule has 2 aliphatic heterocycles. The zero-order valence-corrected chi connectivity index (χ0v) is 16.9. The maximum absolute atomic E-state index is 7.47. The Bertz CT molecular complexity index is 567. The second kappa shape index (κ2) is 14.4. The lowest BCUT2D eigenvalue weighted by molar-refractivity contribution is -0.620. The summed E-state index contributed by atoms with van der Waals surface area (Å²) in [6, 6.07) is 2.13. The van der Waals surface area contributed by atoms with E-state index in [1.165, 1.54) is 63.9 Å². The SMILES string of the molecule is CC#CCOOOO.c1c(OCCCCN2CCCCC2)nn2c1CCCC2. The summed E-state index contributed by atoms with van der Waals surface area (Å²) in [6.45, 7) is 7.45. The molecule has 1 N–H and O–H groups in total. The van der Waals surface area contributed by atoms with Gasteiger partial charge in [0, 0.05) is 18.3 Å². The maximum Gasteiger partial charge on any atom is 0.232 e. The van der Waals surface area contributed by atoms with Crippen LogP contribution in [-0.2, 0) is 27.9 Å². The van der Waals surface area contributed by atoms with Crippen LogP contribution in [0.25, 0.3) is 0 Å². The molecule has 0 unspecified atom stereocenters. The van der Waals surface area contributed by atoms with Crippen molar-refractivity contribution in [1.29, 1.82) is 0 Å². The van der Waals surface area contributed by atoms with Gasteiger partial charge in [-0.2, -0.15) is 4.89 Å². The lowest BCUT2D eigenvalue weighted by atomic mass is 10.1. The Kier molecular flexibility index (Phi) is 11.6. The number of aryl methyl sites for hydroxylation is 2. The van der Waals surface area contributed by atoms with Gasteiger partial charge in [-0.3, -0.25) is 4.68 Å². The minimum absolute atomic E-state index is 0.0804. The molecular formula is C20H33N3O5. The molecule has 3 rings (SSSR count). The van der Waals surface area contributed by atoms with Gasteiger partial charge >= 0.3 is 0 Å². The highest BCUT2D eigenvalue weighted by atomic mass is 17.6. The molecule has 0 radical (unpaired) electrons. The van der Waals surface area contributed by atoms with Crippen LogP contribution in [0.15, 0.2) is 6.07 Å². The maximum atomic E-state index is 7.47. The van der Waals surface area contributed by atoms with E-state index in [4.69, 9.17) is 9.99 Å². The van der Waals surface area contributed by atoms with Crippen molar-refractivity contribution in [2.24, 2.45) is 0 Å². The molecule has 0 atom stereocenters. The summed E-state index contributed by atoms with van der Waals surface area (Å²) in [5, 5.41) is 18.7. The Morgan fingerprint density at radius 2 is 1.93 bits per heavy atom. The molecule has 0 bridgehead atoms. The Labute approximate surface area is 167 Å². The number of likely N-dealkylation sites (tertiary alicyclic amines) is 1. The van der Waals surface area contributed by atoms with E-state index in [9.17, 15) is 0 Å². The van der Waals surface area contributed by atoms with Crippen molar-refractivity contribution in [2.75, 3.05) is 32.8 Å². The Balaban J connectivity index is 0.000000300. The molecule has 28 heavy (non-hydrogen) atoms. The van der Waals surface area contributed by atoms with Gasteiger partial charge in [0.25, 0.3) is 0 Å². The minimum Gasteiger partial charge on any atom is -0.477 e. The van der Waals surface area contributed by atoms with E-state index < -0.39 is 0 Å². The number of hydrogen-bond acceptors (Lipinski definition) is 7. The van der Waals surface area contributed by atoms with Gasteiger partial charge in [0.1, 0.15) is 6.61 Å². The molecule has 1 aromatic heterocycles. The number of ether oxygens (including phenoxy) is 1. The molecule has 8 heteroatoms. The van der Waals surface area contributed by atoms with Crippen LogP contribution < -0.4 is 4.74 Å². The fourth-order valence-corrected chi connectivity index (χ4v) is 3.41. The van der Waals surface area contributed by atoms with Gasteiger partial charge in [-0.15, -0.1) is 11.0 Å². The molecule has 1 saturated heterocycles. The summed E-state index contributed by atoms with van der Waals surface area (Å²) >= 11 is 0. The average Bonchev–Trinajstić information content (AvgIpc) is 3.15. The van der Waals surface area contributed by atoms with E-state index in [2.05, 4.69) is 47.6 Å². The highest BCUT2D eigenvalue weighted by Crippen LogP contribution is 2.19. The Morgan fingerprint density at radius 1 is 1.11 bits per heavy atom. The molecule has 8 nitrogen and oxygen atoms in total. The van der Waals surface area contributed by atoms with Crippen molar-refractivity contribution in [2.45, 2.75) is 64.8 Å². The topological polar surface area (TPSA) is 78.2 Å². The normalized spacial score (nSPS) is 16.4. The second-order valence-electron chi connectivity index (χ2n) is 6.94. The molecule has 1 fully saturated rings. The van der Waals surface area contributed by atoms with Crippen molar-refractivity contribution < 1.29 is 25.0 Å². The van der Waals surface area contributed by atoms with E-state index in [0.29, 0.717) is 0 Å². The number of unbranched alkanes of at least 4 members (excludes halogenated alkanes) is 1. The van der Waals surface area contributed by atoms with Gasteiger partial charge in [-0.25, -0.2) is 5.26 Å². The number of aromatic nitrogens is 2. The second-order valence-corrected chi connectivity index (χ2v) is 6.94. The first-order valence-corrected chi connectivity index (χ1v) is 10.2. The molecule has 0 aliphatic carbocycles. The van der Waals surface area contributed by atoms with Crippen LogP contribution in [0.5, 0.6) is 5.88 Å². The minimum atomic E-state index is 0.0804. The zero-order valence-electron chi connectivity index (χ0n) is 16.9. The summed E-state index contributed by atoms with van der Waals surface area (Å²) < 4.78 is 7.92. The van der Waals surface area contributed by atoms with Crippen LogP contribution in [0.4, 0.5) is 0 Å². The van der Waals surface area contributed by atoms with Crippen molar-refractivity contribution in [3.63, 3.8) is 0 Å². The predicted octanol–water partition coefficient (Wildman–Crippen LogP) is 3.23. The molecule has 158 valence electrons. The third kappa shape index (κ3) is 9.04. The number of rotatable bonds is 9. The first-order valence-electron chi connectivity index (χ1n) is 10.2. The molecular weight excluding hydrogens is 362 g/mol. The van der Waals surface area contributed by atoms with Gasteiger partial charge in [0.2, 0.25) is 5.88 Å². The summed E-state index contributed by atoms with van der Waals surface area (Å²) in [7, 11) is 0. The lowest BCUT2D eigenvalue weighted by Gasteiger charge is -2.26. The van der Waals surface area contributed by atoms with Crippen molar-refractivity contribution >= 4 is 0 Å². The highest BCUT2D eigenvalue weighted by molar-refractivity contribution is 5.16. The van der Waals surface area contributed by atoms with Crippen molar-refractivity contribution in [3.8, 4) is 17.7 Å². The fourth-order valence-electron chi connectivity index (χ4n) is 3.41. The summed E-state index contributed by atoms with van der Waals surface area (Å²) in [5.41, 5.74) is 1.35. The van der Waals surface area contributed by atoms with Gasteiger partial charge in [0.15, 0.2) is 0 Å².